The van der Waals surface area contributed by atoms with Crippen molar-refractivity contribution in [1.82, 2.24) is 30.2 Å². The lowest BCUT2D eigenvalue weighted by molar-refractivity contribution is -0.137. The van der Waals surface area contributed by atoms with Crippen LogP contribution in [0.15, 0.2) is 12.7 Å². The SMILES string of the molecule is CC(CC(C)(C)C)C(=O)SCCNC(=O)CCNC(=O)C(O)C(C)(C)COP(=O)(O)OP(=O)(O)OCC1OC(n2cnc3c(N)ncnc32)C(O)C1OP(=O)(O)O. The van der Waals surface area contributed by atoms with Gasteiger partial charge in [-0.15, -0.1) is 0 Å². The number of amides is 2. The number of aromatic nitrogens is 4. The van der Waals surface area contributed by atoms with E-state index in [2.05, 4.69) is 34.4 Å². The Hall–Kier alpha value is -2.44. The molecule has 0 radical (unpaired) electrons. The molecule has 2 amide bonds. The van der Waals surface area contributed by atoms with Gasteiger partial charge < -0.3 is 50.9 Å². The van der Waals surface area contributed by atoms with Gasteiger partial charge in [0.25, 0.3) is 0 Å². The van der Waals surface area contributed by atoms with Crippen LogP contribution < -0.4 is 16.4 Å². The van der Waals surface area contributed by atoms with Crippen LogP contribution in [0.25, 0.3) is 11.2 Å². The third-order valence-electron chi connectivity index (χ3n) is 8.07. The highest BCUT2D eigenvalue weighted by Gasteiger charge is 2.50. The Balaban J connectivity index is 1.48. The number of fused-ring (bicyclic) bond motifs is 1. The first-order valence-electron chi connectivity index (χ1n) is 17.2. The predicted molar refractivity (Wildman–Crippen MR) is 200 cm³/mol. The van der Waals surface area contributed by atoms with E-state index in [9.17, 15) is 57.9 Å². The quantitative estimate of drug-likeness (QED) is 0.0616. The second-order valence-corrected chi connectivity index (χ2v) is 20.2. The van der Waals surface area contributed by atoms with Gasteiger partial charge in [-0.05, 0) is 11.8 Å². The normalized spacial score (nSPS) is 22.4. The van der Waals surface area contributed by atoms with E-state index in [1.807, 2.05) is 27.7 Å². The van der Waals surface area contributed by atoms with Gasteiger partial charge in [0.1, 0.15) is 36.3 Å². The van der Waals surface area contributed by atoms with E-state index in [1.165, 1.54) is 13.8 Å². The van der Waals surface area contributed by atoms with Crippen LogP contribution in [-0.4, -0.2) is 123 Å². The zero-order chi connectivity index (χ0) is 43.1. The van der Waals surface area contributed by atoms with Crippen LogP contribution in [-0.2, 0) is 50.7 Å². The highest BCUT2D eigenvalue weighted by Crippen LogP contribution is 2.61. The van der Waals surface area contributed by atoms with E-state index < -0.39 is 84.6 Å². The summed E-state index contributed by atoms with van der Waals surface area (Å²) in [5.41, 5.74) is 4.27. The van der Waals surface area contributed by atoms with E-state index in [1.54, 1.807) is 0 Å². The molecule has 8 atom stereocenters. The average Bonchev–Trinajstić information content (AvgIpc) is 3.63. The summed E-state index contributed by atoms with van der Waals surface area (Å²) in [5.74, 6) is -1.22. The first-order chi connectivity index (χ1) is 26.1. The van der Waals surface area contributed by atoms with Crippen molar-refractivity contribution in [3.05, 3.63) is 12.7 Å². The summed E-state index contributed by atoms with van der Waals surface area (Å²) in [4.78, 5) is 88.0. The Morgan fingerprint density at radius 2 is 1.67 bits per heavy atom. The summed E-state index contributed by atoms with van der Waals surface area (Å²) in [6, 6.07) is 0. The number of nitrogens with one attached hydrogen (secondary N) is 2. The molecule has 2 aromatic heterocycles. The minimum absolute atomic E-state index is 0.00234. The minimum Gasteiger partial charge on any atom is -0.386 e. The van der Waals surface area contributed by atoms with Crippen molar-refractivity contribution in [2.45, 2.75) is 85.0 Å². The summed E-state index contributed by atoms with van der Waals surface area (Å²) >= 11 is 1.12. The van der Waals surface area contributed by atoms with E-state index in [0.717, 1.165) is 35.4 Å². The molecule has 0 bridgehead atoms. The number of phosphoric acid groups is 3. The smallest absolute Gasteiger partial charge is 0.386 e. The summed E-state index contributed by atoms with van der Waals surface area (Å²) < 4.78 is 62.2. The van der Waals surface area contributed by atoms with E-state index in [4.69, 9.17) is 19.5 Å². The molecule has 8 unspecified atom stereocenters. The van der Waals surface area contributed by atoms with E-state index in [0.29, 0.717) is 5.75 Å². The van der Waals surface area contributed by atoms with E-state index in [-0.39, 0.29) is 52.9 Å². The molecule has 1 saturated heterocycles. The van der Waals surface area contributed by atoms with Gasteiger partial charge in [-0.25, -0.2) is 28.6 Å². The fourth-order valence-corrected chi connectivity index (χ4v) is 9.03. The molecule has 10 N–H and O–H groups in total. The number of aliphatic hydroxyl groups excluding tert-OH is 2. The van der Waals surface area contributed by atoms with Gasteiger partial charge in [-0.1, -0.05) is 53.3 Å². The number of nitrogen functional groups attached to an aromatic ring is 1. The summed E-state index contributed by atoms with van der Waals surface area (Å²) in [7, 11) is -16.4. The zero-order valence-electron chi connectivity index (χ0n) is 31.9. The van der Waals surface area contributed by atoms with Crippen LogP contribution in [0.5, 0.6) is 0 Å². The number of ether oxygens (including phenoxy) is 1. The molecule has 1 fully saturated rings. The lowest BCUT2D eigenvalue weighted by atomic mass is 9.86. The van der Waals surface area contributed by atoms with Crippen LogP contribution in [0.3, 0.4) is 0 Å². The number of anilines is 1. The minimum atomic E-state index is -5.57. The number of nitrogens with zero attached hydrogens (tertiary/aromatic N) is 4. The maximum atomic E-state index is 12.7. The number of carbonyl (C=O) groups is 3. The first-order valence-corrected chi connectivity index (χ1v) is 22.7. The number of carbonyl (C=O) groups excluding carboxylic acids is 3. The topological polar surface area (TPSA) is 364 Å². The lowest BCUT2D eigenvalue weighted by Crippen LogP contribution is -2.46. The third kappa shape index (κ3) is 15.3. The van der Waals surface area contributed by atoms with Crippen LogP contribution in [0.4, 0.5) is 5.82 Å². The summed E-state index contributed by atoms with van der Waals surface area (Å²) in [6.07, 6.45) is -6.18. The standard InChI is InChI=1S/C29H50N7O17P3S/c1-16(11-28(2,3)4)27(41)57-10-9-31-18(37)7-8-32-25(40)22(39)29(5,6)13-50-56(47,48)53-55(45,46)49-12-17-21(52-54(42,43)44)20(38)26(51-17)36-15-35-19-23(30)33-14-34-24(19)36/h14-17,20-22,26,38-39H,7-13H2,1-6H3,(H,31,37)(H,32,40)(H,45,46)(H,47,48)(H2,30,33,34)(H2,42,43,44). The lowest BCUT2D eigenvalue weighted by Gasteiger charge is -2.30. The van der Waals surface area contributed by atoms with E-state index >= 15 is 0 Å². The number of imidazole rings is 1. The molecule has 57 heavy (non-hydrogen) atoms. The van der Waals surface area contributed by atoms with Gasteiger partial charge in [0.15, 0.2) is 22.8 Å². The molecule has 0 aromatic carbocycles. The third-order valence-corrected chi connectivity index (χ3v) is 12.3. The average molecular weight is 894 g/mol. The molecule has 324 valence electrons. The predicted octanol–water partition coefficient (Wildman–Crippen LogP) is 0.737. The fourth-order valence-electron chi connectivity index (χ4n) is 5.43. The van der Waals surface area contributed by atoms with Gasteiger partial charge >= 0.3 is 23.5 Å². The summed E-state index contributed by atoms with van der Waals surface area (Å²) in [6.45, 7) is 8.50. The molecule has 3 rings (SSSR count). The Kier molecular flexibility index (Phi) is 17.0. The zero-order valence-corrected chi connectivity index (χ0v) is 35.4. The molecule has 0 saturated carbocycles. The largest absolute Gasteiger partial charge is 0.481 e. The van der Waals surface area contributed by atoms with Crippen molar-refractivity contribution < 1.29 is 80.5 Å². The van der Waals surface area contributed by atoms with Crippen LogP contribution in [0.1, 0.15) is 60.6 Å². The Morgan fingerprint density at radius 1 is 1.02 bits per heavy atom. The maximum Gasteiger partial charge on any atom is 0.481 e. The van der Waals surface area contributed by atoms with Gasteiger partial charge in [0, 0.05) is 36.6 Å². The van der Waals surface area contributed by atoms with Crippen LogP contribution in [0.2, 0.25) is 0 Å². The van der Waals surface area contributed by atoms with Gasteiger partial charge in [0.05, 0.1) is 19.5 Å². The molecule has 28 heteroatoms. The van der Waals surface area contributed by atoms with Crippen LogP contribution >= 0.6 is 35.2 Å². The molecule has 3 heterocycles. The van der Waals surface area contributed by atoms with Gasteiger partial charge in [-0.2, -0.15) is 4.31 Å². The number of hydrogen-bond acceptors (Lipinski definition) is 18. The van der Waals surface area contributed by atoms with Gasteiger partial charge in [0.2, 0.25) is 11.8 Å². The van der Waals surface area contributed by atoms with Crippen molar-refractivity contribution >= 4 is 69.1 Å². The number of rotatable bonds is 21. The summed E-state index contributed by atoms with van der Waals surface area (Å²) in [5, 5.41) is 26.5. The molecular weight excluding hydrogens is 843 g/mol. The Bertz CT molecular complexity index is 1880. The van der Waals surface area contributed by atoms with Crippen molar-refractivity contribution in [3.63, 3.8) is 0 Å². The monoisotopic (exact) mass is 893 g/mol. The highest BCUT2D eigenvalue weighted by molar-refractivity contribution is 8.13. The van der Waals surface area contributed by atoms with Crippen LogP contribution in [0, 0.1) is 16.7 Å². The van der Waals surface area contributed by atoms with Crippen molar-refractivity contribution in [2.75, 3.05) is 37.8 Å². The highest BCUT2D eigenvalue weighted by atomic mass is 32.2. The molecule has 0 spiro atoms. The molecule has 0 aliphatic carbocycles. The Morgan fingerprint density at radius 3 is 2.30 bits per heavy atom. The number of phosphoric ester groups is 3. The number of nitrogens with two attached hydrogens (primary N) is 1. The molecular formula is C29H50N7O17P3S. The Labute approximate surface area is 331 Å². The number of thioether (sulfide) groups is 1. The number of aliphatic hydroxyl groups is 2. The first kappa shape index (κ1) is 48.9. The molecule has 2 aromatic rings. The molecule has 1 aliphatic heterocycles. The van der Waals surface area contributed by atoms with Crippen molar-refractivity contribution in [3.8, 4) is 0 Å². The van der Waals surface area contributed by atoms with Crippen molar-refractivity contribution in [2.24, 2.45) is 16.7 Å². The molecule has 24 nitrogen and oxygen atoms in total. The molecule has 1 aliphatic rings. The fraction of sp³-hybridized carbons (Fsp3) is 0.724. The second-order valence-electron chi connectivity index (χ2n) is 14.9. The number of hydrogen-bond donors (Lipinski definition) is 9. The van der Waals surface area contributed by atoms with Gasteiger partial charge in [-0.3, -0.25) is 32.5 Å². The second kappa shape index (κ2) is 19.7. The maximum absolute atomic E-state index is 12.7. The van der Waals surface area contributed by atoms with Crippen molar-refractivity contribution in [1.29, 1.82) is 0 Å².